The van der Waals surface area contributed by atoms with Crippen molar-refractivity contribution < 1.29 is 19.4 Å². The Labute approximate surface area is 125 Å². The zero-order valence-corrected chi connectivity index (χ0v) is 12.6. The van der Waals surface area contributed by atoms with Crippen molar-refractivity contribution in [2.45, 2.75) is 45.6 Å². The minimum absolute atomic E-state index is 0.0143. The summed E-state index contributed by atoms with van der Waals surface area (Å²) in [5.74, 6) is -0.0615. The third-order valence-electron chi connectivity index (χ3n) is 3.03. The summed E-state index contributed by atoms with van der Waals surface area (Å²) in [7, 11) is 0. The first-order valence-corrected chi connectivity index (χ1v) is 7.24. The number of carboxylic acids is 1. The summed E-state index contributed by atoms with van der Waals surface area (Å²) in [6.07, 6.45) is 1.69. The molecular weight excluding hydrogens is 270 g/mol. The molecule has 0 aliphatic heterocycles. The number of carbonyl (C=O) groups is 2. The number of rotatable bonds is 9. The van der Waals surface area contributed by atoms with Crippen LogP contribution in [-0.4, -0.2) is 29.6 Å². The van der Waals surface area contributed by atoms with E-state index in [1.165, 1.54) is 0 Å². The van der Waals surface area contributed by atoms with Gasteiger partial charge in [-0.15, -0.1) is 0 Å². The summed E-state index contributed by atoms with van der Waals surface area (Å²) in [5, 5.41) is 11.4. The van der Waals surface area contributed by atoms with Crippen molar-refractivity contribution in [2.24, 2.45) is 0 Å². The van der Waals surface area contributed by atoms with Crippen LogP contribution in [0.5, 0.6) is 5.75 Å². The molecule has 5 nitrogen and oxygen atoms in total. The second kappa shape index (κ2) is 9.00. The largest absolute Gasteiger partial charge is 0.494 e. The first-order chi connectivity index (χ1) is 10.0. The predicted octanol–water partition coefficient (Wildman–Crippen LogP) is 2.39. The van der Waals surface area contributed by atoms with Crippen LogP contribution >= 0.6 is 0 Å². The maximum absolute atomic E-state index is 11.9. The third kappa shape index (κ3) is 7.34. The second-order valence-electron chi connectivity index (χ2n) is 5.01. The molecule has 1 atom stereocenters. The highest BCUT2D eigenvalue weighted by Crippen LogP contribution is 2.12. The van der Waals surface area contributed by atoms with Crippen LogP contribution in [0.25, 0.3) is 0 Å². The number of hydrogen-bond acceptors (Lipinski definition) is 3. The number of hydrogen-bond donors (Lipinski definition) is 2. The lowest BCUT2D eigenvalue weighted by atomic mass is 10.1. The Morgan fingerprint density at radius 1 is 1.29 bits per heavy atom. The second-order valence-corrected chi connectivity index (χ2v) is 5.01. The van der Waals surface area contributed by atoms with Crippen molar-refractivity contribution in [3.8, 4) is 5.75 Å². The average molecular weight is 293 g/mol. The standard InChI is InChI=1S/C16H23NO4/c1-3-21-14-9-7-13(8-10-14)11-15(18)17-12(2)5-4-6-16(19)20/h7-10,12H,3-6,11H2,1-2H3,(H,17,18)(H,19,20). The van der Waals surface area contributed by atoms with E-state index in [9.17, 15) is 9.59 Å². The van der Waals surface area contributed by atoms with Crippen LogP contribution in [0.4, 0.5) is 0 Å². The fraction of sp³-hybridized carbons (Fsp3) is 0.500. The Morgan fingerprint density at radius 2 is 1.95 bits per heavy atom. The van der Waals surface area contributed by atoms with Gasteiger partial charge in [-0.1, -0.05) is 12.1 Å². The van der Waals surface area contributed by atoms with E-state index in [1.807, 2.05) is 38.1 Å². The van der Waals surface area contributed by atoms with E-state index in [2.05, 4.69) is 5.32 Å². The molecule has 21 heavy (non-hydrogen) atoms. The molecular formula is C16H23NO4. The molecule has 1 aromatic carbocycles. The zero-order chi connectivity index (χ0) is 15.7. The highest BCUT2D eigenvalue weighted by molar-refractivity contribution is 5.78. The van der Waals surface area contributed by atoms with Gasteiger partial charge in [-0.2, -0.15) is 0 Å². The van der Waals surface area contributed by atoms with Crippen molar-refractivity contribution in [1.29, 1.82) is 0 Å². The Kier molecular flexibility index (Phi) is 7.29. The molecule has 0 saturated heterocycles. The molecule has 5 heteroatoms. The molecule has 1 unspecified atom stereocenters. The number of carbonyl (C=O) groups excluding carboxylic acids is 1. The van der Waals surface area contributed by atoms with Gasteiger partial charge in [-0.3, -0.25) is 9.59 Å². The van der Waals surface area contributed by atoms with Crippen LogP contribution in [-0.2, 0) is 16.0 Å². The quantitative estimate of drug-likeness (QED) is 0.733. The van der Waals surface area contributed by atoms with Gasteiger partial charge in [-0.05, 0) is 44.4 Å². The van der Waals surface area contributed by atoms with Gasteiger partial charge in [0.1, 0.15) is 5.75 Å². The molecule has 0 saturated carbocycles. The van der Waals surface area contributed by atoms with E-state index in [4.69, 9.17) is 9.84 Å². The minimum Gasteiger partial charge on any atom is -0.494 e. The van der Waals surface area contributed by atoms with Crippen LogP contribution in [0.3, 0.4) is 0 Å². The third-order valence-corrected chi connectivity index (χ3v) is 3.03. The van der Waals surface area contributed by atoms with Crippen LogP contribution < -0.4 is 10.1 Å². The summed E-state index contributed by atoms with van der Waals surface area (Å²) in [4.78, 5) is 22.3. The SMILES string of the molecule is CCOc1ccc(CC(=O)NC(C)CCCC(=O)O)cc1. The molecule has 0 spiro atoms. The van der Waals surface area contributed by atoms with E-state index >= 15 is 0 Å². The van der Waals surface area contributed by atoms with E-state index < -0.39 is 5.97 Å². The van der Waals surface area contributed by atoms with Gasteiger partial charge in [0.2, 0.25) is 5.91 Å². The predicted molar refractivity (Wildman–Crippen MR) is 80.4 cm³/mol. The average Bonchev–Trinajstić information content (AvgIpc) is 2.40. The highest BCUT2D eigenvalue weighted by Gasteiger charge is 2.09. The maximum atomic E-state index is 11.9. The summed E-state index contributed by atoms with van der Waals surface area (Å²) >= 11 is 0. The number of carboxylic acid groups (broad SMARTS) is 1. The Balaban J connectivity index is 2.33. The van der Waals surface area contributed by atoms with Gasteiger partial charge >= 0.3 is 5.97 Å². The molecule has 0 fully saturated rings. The smallest absolute Gasteiger partial charge is 0.303 e. The van der Waals surface area contributed by atoms with E-state index in [1.54, 1.807) is 0 Å². The summed E-state index contributed by atoms with van der Waals surface area (Å²) in [5.41, 5.74) is 0.925. The van der Waals surface area contributed by atoms with Crippen LogP contribution in [0, 0.1) is 0 Å². The lowest BCUT2D eigenvalue weighted by molar-refractivity contribution is -0.137. The van der Waals surface area contributed by atoms with E-state index in [-0.39, 0.29) is 18.4 Å². The number of aliphatic carboxylic acids is 1. The normalized spacial score (nSPS) is 11.7. The number of benzene rings is 1. The molecule has 116 valence electrons. The van der Waals surface area contributed by atoms with Crippen molar-refractivity contribution in [2.75, 3.05) is 6.61 Å². The molecule has 0 aliphatic carbocycles. The van der Waals surface area contributed by atoms with Gasteiger partial charge in [0.15, 0.2) is 0 Å². The molecule has 1 aromatic rings. The zero-order valence-electron chi connectivity index (χ0n) is 12.6. The first kappa shape index (κ1) is 17.0. The molecule has 1 rings (SSSR count). The van der Waals surface area contributed by atoms with Gasteiger partial charge in [0, 0.05) is 12.5 Å². The lowest BCUT2D eigenvalue weighted by Crippen LogP contribution is -2.33. The van der Waals surface area contributed by atoms with Crippen molar-refractivity contribution in [1.82, 2.24) is 5.32 Å². The topological polar surface area (TPSA) is 75.6 Å². The fourth-order valence-electron chi connectivity index (χ4n) is 2.01. The molecule has 2 N–H and O–H groups in total. The fourth-order valence-corrected chi connectivity index (χ4v) is 2.01. The molecule has 0 bridgehead atoms. The Bertz CT molecular complexity index is 456. The Morgan fingerprint density at radius 3 is 2.52 bits per heavy atom. The van der Waals surface area contributed by atoms with Crippen LogP contribution in [0.1, 0.15) is 38.7 Å². The van der Waals surface area contributed by atoms with Crippen molar-refractivity contribution in [3.05, 3.63) is 29.8 Å². The summed E-state index contributed by atoms with van der Waals surface area (Å²) in [6.45, 7) is 4.43. The van der Waals surface area contributed by atoms with Gasteiger partial charge < -0.3 is 15.2 Å². The Hall–Kier alpha value is -2.04. The monoisotopic (exact) mass is 293 g/mol. The molecule has 1 amide bonds. The van der Waals surface area contributed by atoms with Gasteiger partial charge in [0.05, 0.1) is 13.0 Å². The van der Waals surface area contributed by atoms with Crippen molar-refractivity contribution in [3.63, 3.8) is 0 Å². The van der Waals surface area contributed by atoms with Gasteiger partial charge in [-0.25, -0.2) is 0 Å². The van der Waals surface area contributed by atoms with E-state index in [0.29, 0.717) is 25.9 Å². The maximum Gasteiger partial charge on any atom is 0.303 e. The van der Waals surface area contributed by atoms with Crippen molar-refractivity contribution >= 4 is 11.9 Å². The first-order valence-electron chi connectivity index (χ1n) is 7.24. The number of amides is 1. The molecule has 0 aliphatic rings. The molecule has 0 radical (unpaired) electrons. The number of nitrogens with one attached hydrogen (secondary N) is 1. The highest BCUT2D eigenvalue weighted by atomic mass is 16.5. The van der Waals surface area contributed by atoms with Crippen LogP contribution in [0.2, 0.25) is 0 Å². The molecule has 0 heterocycles. The lowest BCUT2D eigenvalue weighted by Gasteiger charge is -2.13. The minimum atomic E-state index is -0.803. The summed E-state index contributed by atoms with van der Waals surface area (Å²) < 4.78 is 5.35. The summed E-state index contributed by atoms with van der Waals surface area (Å²) in [6, 6.07) is 7.43. The van der Waals surface area contributed by atoms with Crippen LogP contribution in [0.15, 0.2) is 24.3 Å². The number of ether oxygens (including phenoxy) is 1. The molecule has 0 aromatic heterocycles. The van der Waals surface area contributed by atoms with Gasteiger partial charge in [0.25, 0.3) is 0 Å². The van der Waals surface area contributed by atoms with E-state index in [0.717, 1.165) is 11.3 Å².